The molecule has 0 aromatic heterocycles. The summed E-state index contributed by atoms with van der Waals surface area (Å²) in [6, 6.07) is 0. The highest BCUT2D eigenvalue weighted by atomic mass is 16.4. The molecule has 0 aliphatic heterocycles. The van der Waals surface area contributed by atoms with E-state index in [1.54, 1.807) is 0 Å². The molecule has 0 heterocycles. The standard InChI is InChI=1S/C20H34O7/c1-3-5-7-15(8-9-16(21)22)19(27)20(12-6-4-2,13-10-17(23)24)14-11-18(25)26/h15H,3-14H2,1-2H3,(H,21,22)(H,23,24)(H,25,26). The normalized spacial score (nSPS) is 12.5. The van der Waals surface area contributed by atoms with Crippen molar-refractivity contribution in [2.24, 2.45) is 11.3 Å². The number of carboxylic acids is 3. The smallest absolute Gasteiger partial charge is 0.303 e. The molecule has 7 heteroatoms. The average molecular weight is 386 g/mol. The van der Waals surface area contributed by atoms with E-state index in [0.717, 1.165) is 19.3 Å². The molecule has 1 atom stereocenters. The Morgan fingerprint density at radius 2 is 1.19 bits per heavy atom. The highest BCUT2D eigenvalue weighted by Crippen LogP contribution is 2.41. The number of carbonyl (C=O) groups excluding carboxylic acids is 1. The molecule has 0 saturated heterocycles. The van der Waals surface area contributed by atoms with E-state index in [0.29, 0.717) is 19.3 Å². The number of Topliss-reactive ketones (excluding diaryl/α,β-unsaturated/α-hetero) is 1. The van der Waals surface area contributed by atoms with Gasteiger partial charge in [-0.2, -0.15) is 0 Å². The molecule has 7 nitrogen and oxygen atoms in total. The van der Waals surface area contributed by atoms with Crippen molar-refractivity contribution in [1.29, 1.82) is 0 Å². The number of hydrogen-bond acceptors (Lipinski definition) is 4. The van der Waals surface area contributed by atoms with Crippen LogP contribution in [0.15, 0.2) is 0 Å². The third-order valence-electron chi connectivity index (χ3n) is 5.15. The molecule has 0 spiro atoms. The molecule has 0 aliphatic rings. The predicted octanol–water partition coefficient (Wildman–Crippen LogP) is 4.13. The SMILES string of the molecule is CCCCC(CCC(=O)O)C(=O)C(CCCC)(CCC(=O)O)CCC(=O)O. The summed E-state index contributed by atoms with van der Waals surface area (Å²) < 4.78 is 0. The largest absolute Gasteiger partial charge is 0.481 e. The van der Waals surface area contributed by atoms with Crippen LogP contribution in [0.25, 0.3) is 0 Å². The number of ketones is 1. The molecular weight excluding hydrogens is 352 g/mol. The van der Waals surface area contributed by atoms with Crippen molar-refractivity contribution < 1.29 is 34.5 Å². The summed E-state index contributed by atoms with van der Waals surface area (Å²) in [5.41, 5.74) is -1.01. The lowest BCUT2D eigenvalue weighted by molar-refractivity contribution is -0.141. The Morgan fingerprint density at radius 3 is 1.59 bits per heavy atom. The van der Waals surface area contributed by atoms with Crippen LogP contribution in [0.3, 0.4) is 0 Å². The molecule has 156 valence electrons. The maximum atomic E-state index is 13.4. The first-order chi connectivity index (χ1) is 12.7. The van der Waals surface area contributed by atoms with E-state index >= 15 is 0 Å². The van der Waals surface area contributed by atoms with Gasteiger partial charge in [0.1, 0.15) is 5.78 Å². The maximum Gasteiger partial charge on any atom is 0.303 e. The molecule has 0 bridgehead atoms. The van der Waals surface area contributed by atoms with Crippen molar-refractivity contribution in [2.75, 3.05) is 0 Å². The fraction of sp³-hybridized carbons (Fsp3) is 0.800. The maximum absolute atomic E-state index is 13.4. The zero-order valence-electron chi connectivity index (χ0n) is 16.5. The number of aliphatic carboxylic acids is 3. The predicted molar refractivity (Wildman–Crippen MR) is 101 cm³/mol. The number of hydrogen-bond donors (Lipinski definition) is 3. The topological polar surface area (TPSA) is 129 Å². The molecule has 1 unspecified atom stereocenters. The molecule has 0 aromatic rings. The molecule has 0 fully saturated rings. The number of rotatable bonds is 17. The van der Waals surface area contributed by atoms with Crippen LogP contribution in [0.2, 0.25) is 0 Å². The summed E-state index contributed by atoms with van der Waals surface area (Å²) in [5, 5.41) is 27.2. The van der Waals surface area contributed by atoms with Gasteiger partial charge in [0, 0.05) is 30.6 Å². The van der Waals surface area contributed by atoms with Gasteiger partial charge in [-0.1, -0.05) is 39.5 Å². The number of unbranched alkanes of at least 4 members (excludes halogenated alkanes) is 2. The summed E-state index contributed by atoms with van der Waals surface area (Å²) >= 11 is 0. The van der Waals surface area contributed by atoms with Crippen molar-refractivity contribution in [3.8, 4) is 0 Å². The Labute approximate surface area is 161 Å². The Bertz CT molecular complexity index is 481. The van der Waals surface area contributed by atoms with Crippen LogP contribution in [0, 0.1) is 11.3 Å². The lowest BCUT2D eigenvalue weighted by Gasteiger charge is -2.35. The second-order valence-corrected chi connectivity index (χ2v) is 7.31. The first-order valence-corrected chi connectivity index (χ1v) is 9.88. The molecule has 0 aromatic carbocycles. The van der Waals surface area contributed by atoms with Gasteiger partial charge in [0.25, 0.3) is 0 Å². The fourth-order valence-corrected chi connectivity index (χ4v) is 3.54. The Balaban J connectivity index is 5.69. The monoisotopic (exact) mass is 386 g/mol. The quantitative estimate of drug-likeness (QED) is 0.343. The highest BCUT2D eigenvalue weighted by Gasteiger charge is 2.41. The molecule has 0 radical (unpaired) electrons. The lowest BCUT2D eigenvalue weighted by Crippen LogP contribution is -2.38. The van der Waals surface area contributed by atoms with Crippen molar-refractivity contribution >= 4 is 23.7 Å². The van der Waals surface area contributed by atoms with Gasteiger partial charge in [0.05, 0.1) is 0 Å². The van der Waals surface area contributed by atoms with Gasteiger partial charge in [-0.05, 0) is 32.1 Å². The third-order valence-corrected chi connectivity index (χ3v) is 5.15. The van der Waals surface area contributed by atoms with E-state index in [4.69, 9.17) is 15.3 Å². The van der Waals surface area contributed by atoms with Gasteiger partial charge in [0.2, 0.25) is 0 Å². The van der Waals surface area contributed by atoms with Crippen molar-refractivity contribution in [1.82, 2.24) is 0 Å². The van der Waals surface area contributed by atoms with Gasteiger partial charge < -0.3 is 15.3 Å². The summed E-state index contributed by atoms with van der Waals surface area (Å²) in [5.74, 6) is -3.63. The fourth-order valence-electron chi connectivity index (χ4n) is 3.54. The molecule has 3 N–H and O–H groups in total. The van der Waals surface area contributed by atoms with E-state index in [2.05, 4.69) is 0 Å². The van der Waals surface area contributed by atoms with E-state index in [1.165, 1.54) is 0 Å². The minimum Gasteiger partial charge on any atom is -0.481 e. The van der Waals surface area contributed by atoms with Gasteiger partial charge in [0.15, 0.2) is 0 Å². The van der Waals surface area contributed by atoms with Gasteiger partial charge in [-0.25, -0.2) is 0 Å². The lowest BCUT2D eigenvalue weighted by atomic mass is 9.67. The summed E-state index contributed by atoms with van der Waals surface area (Å²) in [7, 11) is 0. The molecule has 0 aliphatic carbocycles. The Kier molecular flexibility index (Phi) is 12.3. The van der Waals surface area contributed by atoms with E-state index in [1.807, 2.05) is 13.8 Å². The van der Waals surface area contributed by atoms with Crippen LogP contribution in [0.1, 0.15) is 90.9 Å². The van der Waals surface area contributed by atoms with Crippen molar-refractivity contribution in [3.05, 3.63) is 0 Å². The van der Waals surface area contributed by atoms with Crippen LogP contribution in [-0.4, -0.2) is 39.0 Å². The molecular formula is C20H34O7. The first kappa shape index (κ1) is 25.1. The van der Waals surface area contributed by atoms with Gasteiger partial charge in [-0.15, -0.1) is 0 Å². The summed E-state index contributed by atoms with van der Waals surface area (Å²) in [6.07, 6.45) is 4.03. The molecule has 0 saturated carbocycles. The van der Waals surface area contributed by atoms with Crippen LogP contribution in [0.5, 0.6) is 0 Å². The first-order valence-electron chi connectivity index (χ1n) is 9.88. The third kappa shape index (κ3) is 10.1. The Hall–Kier alpha value is -1.92. The second-order valence-electron chi connectivity index (χ2n) is 7.31. The number of carboxylic acid groups (broad SMARTS) is 3. The van der Waals surface area contributed by atoms with Crippen LogP contribution in [0.4, 0.5) is 0 Å². The van der Waals surface area contributed by atoms with Crippen molar-refractivity contribution in [3.63, 3.8) is 0 Å². The van der Waals surface area contributed by atoms with Crippen LogP contribution >= 0.6 is 0 Å². The van der Waals surface area contributed by atoms with Gasteiger partial charge >= 0.3 is 17.9 Å². The van der Waals surface area contributed by atoms with Crippen LogP contribution < -0.4 is 0 Å². The zero-order valence-corrected chi connectivity index (χ0v) is 16.5. The summed E-state index contributed by atoms with van der Waals surface area (Å²) in [6.45, 7) is 3.94. The second kappa shape index (κ2) is 13.3. The highest BCUT2D eigenvalue weighted by molar-refractivity contribution is 5.88. The van der Waals surface area contributed by atoms with E-state index in [-0.39, 0.29) is 44.3 Å². The average Bonchev–Trinajstić information content (AvgIpc) is 2.60. The Morgan fingerprint density at radius 1 is 0.704 bits per heavy atom. The number of carbonyl (C=O) groups is 4. The van der Waals surface area contributed by atoms with Crippen LogP contribution in [-0.2, 0) is 19.2 Å². The van der Waals surface area contributed by atoms with E-state index < -0.39 is 29.2 Å². The minimum atomic E-state index is -1.02. The van der Waals surface area contributed by atoms with Crippen molar-refractivity contribution in [2.45, 2.75) is 90.9 Å². The molecule has 27 heavy (non-hydrogen) atoms. The van der Waals surface area contributed by atoms with E-state index in [9.17, 15) is 19.2 Å². The van der Waals surface area contributed by atoms with Gasteiger partial charge in [-0.3, -0.25) is 19.2 Å². The minimum absolute atomic E-state index is 0.101. The summed E-state index contributed by atoms with van der Waals surface area (Å²) in [4.78, 5) is 46.7. The zero-order chi connectivity index (χ0) is 20.9. The molecule has 0 rings (SSSR count). The molecule has 0 amide bonds.